The van der Waals surface area contributed by atoms with E-state index < -0.39 is 11.7 Å². The second-order valence-electron chi connectivity index (χ2n) is 3.46. The van der Waals surface area contributed by atoms with Crippen molar-refractivity contribution in [3.8, 4) is 11.8 Å². The molecule has 1 heterocycles. The monoisotopic (exact) mass is 256 g/mol. The molecule has 0 atom stereocenters. The molecule has 1 N–H and O–H groups in total. The summed E-state index contributed by atoms with van der Waals surface area (Å²) in [5.41, 5.74) is -0.530. The first-order chi connectivity index (χ1) is 8.39. The molecule has 0 bridgehead atoms. The fourth-order valence-corrected chi connectivity index (χ4v) is 1.09. The van der Waals surface area contributed by atoms with Crippen LogP contribution in [0.25, 0.3) is 0 Å². The van der Waals surface area contributed by atoms with Crippen molar-refractivity contribution in [2.24, 2.45) is 0 Å². The fourth-order valence-electron chi connectivity index (χ4n) is 1.09. The summed E-state index contributed by atoms with van der Waals surface area (Å²) in [6.45, 7) is 1.80. The first-order valence-corrected chi connectivity index (χ1v) is 5.16. The summed E-state index contributed by atoms with van der Waals surface area (Å²) in [5.74, 6) is 5.18. The van der Waals surface area contributed by atoms with Gasteiger partial charge in [0.05, 0.1) is 5.56 Å². The first-order valence-electron chi connectivity index (χ1n) is 5.16. The van der Waals surface area contributed by atoms with Gasteiger partial charge in [0.2, 0.25) is 5.91 Å². The maximum atomic E-state index is 12.2. The van der Waals surface area contributed by atoms with Crippen LogP contribution in [0.4, 0.5) is 13.2 Å². The number of halogens is 3. The van der Waals surface area contributed by atoms with Crippen LogP contribution in [-0.2, 0) is 11.0 Å². The van der Waals surface area contributed by atoms with Crippen molar-refractivity contribution in [2.45, 2.75) is 19.5 Å². The molecule has 0 saturated carbocycles. The summed E-state index contributed by atoms with van der Waals surface area (Å²) < 4.78 is 36.7. The third kappa shape index (κ3) is 4.87. The van der Waals surface area contributed by atoms with Crippen molar-refractivity contribution >= 4 is 5.91 Å². The number of carbonyl (C=O) groups excluding carboxylic acids is 1. The Hall–Kier alpha value is -2.03. The molecule has 0 aliphatic heterocycles. The fraction of sp³-hybridized carbons (Fsp3) is 0.333. The summed E-state index contributed by atoms with van der Waals surface area (Å²) in [6, 6.07) is 2.15. The molecule has 0 fully saturated rings. The minimum Gasteiger partial charge on any atom is -0.355 e. The molecular weight excluding hydrogens is 245 g/mol. The molecule has 0 radical (unpaired) electrons. The minimum absolute atomic E-state index is 0.149. The zero-order chi connectivity index (χ0) is 13.6. The van der Waals surface area contributed by atoms with Crippen LogP contribution in [0.15, 0.2) is 18.3 Å². The number of alkyl halides is 3. The molecule has 0 saturated heterocycles. The topological polar surface area (TPSA) is 42.0 Å². The Morgan fingerprint density at radius 3 is 2.67 bits per heavy atom. The second kappa shape index (κ2) is 6.05. The Bertz CT molecular complexity index is 469. The zero-order valence-corrected chi connectivity index (χ0v) is 9.64. The molecule has 0 unspecified atom stereocenters. The highest BCUT2D eigenvalue weighted by Gasteiger charge is 2.30. The second-order valence-corrected chi connectivity index (χ2v) is 3.46. The lowest BCUT2D eigenvalue weighted by molar-refractivity contribution is -0.137. The minimum atomic E-state index is -4.38. The zero-order valence-electron chi connectivity index (χ0n) is 9.64. The molecule has 0 aromatic carbocycles. The number of aromatic nitrogens is 1. The van der Waals surface area contributed by atoms with Gasteiger partial charge in [-0.3, -0.25) is 4.79 Å². The van der Waals surface area contributed by atoms with Gasteiger partial charge >= 0.3 is 6.18 Å². The number of pyridine rings is 1. The van der Waals surface area contributed by atoms with Crippen molar-refractivity contribution < 1.29 is 18.0 Å². The van der Waals surface area contributed by atoms with Gasteiger partial charge in [0.15, 0.2) is 0 Å². The predicted octanol–water partition coefficient (Wildman–Crippen LogP) is 1.98. The molecule has 1 amide bonds. The highest BCUT2D eigenvalue weighted by atomic mass is 19.4. The van der Waals surface area contributed by atoms with E-state index in [-0.39, 0.29) is 11.6 Å². The molecular formula is C12H11F3N2O. The van der Waals surface area contributed by atoms with E-state index in [2.05, 4.69) is 22.1 Å². The Morgan fingerprint density at radius 1 is 1.44 bits per heavy atom. The Morgan fingerprint density at radius 2 is 2.17 bits per heavy atom. The van der Waals surface area contributed by atoms with Crippen LogP contribution >= 0.6 is 0 Å². The average molecular weight is 256 g/mol. The largest absolute Gasteiger partial charge is 0.417 e. The Kier molecular flexibility index (Phi) is 4.72. The van der Waals surface area contributed by atoms with Crippen molar-refractivity contribution in [1.29, 1.82) is 0 Å². The molecule has 96 valence electrons. The van der Waals surface area contributed by atoms with Gasteiger partial charge in [-0.05, 0) is 18.1 Å². The molecule has 1 aromatic heterocycles. The molecule has 0 aliphatic carbocycles. The van der Waals surface area contributed by atoms with Gasteiger partial charge in [0.25, 0.3) is 0 Å². The summed E-state index contributed by atoms with van der Waals surface area (Å²) in [5, 5.41) is 2.55. The molecule has 3 nitrogen and oxygen atoms in total. The van der Waals surface area contributed by atoms with E-state index in [0.717, 1.165) is 12.3 Å². The number of carbonyl (C=O) groups is 1. The van der Waals surface area contributed by atoms with E-state index in [1.807, 2.05) is 0 Å². The maximum Gasteiger partial charge on any atom is 0.417 e. The third-order valence-electron chi connectivity index (χ3n) is 1.93. The van der Waals surface area contributed by atoms with Crippen LogP contribution in [0.2, 0.25) is 0 Å². The lowest BCUT2D eigenvalue weighted by Crippen LogP contribution is -2.20. The number of amides is 1. The van der Waals surface area contributed by atoms with E-state index in [1.165, 1.54) is 13.0 Å². The van der Waals surface area contributed by atoms with Crippen molar-refractivity contribution in [1.82, 2.24) is 10.3 Å². The van der Waals surface area contributed by atoms with Gasteiger partial charge in [0.1, 0.15) is 5.69 Å². The molecule has 6 heteroatoms. The number of hydrogen-bond donors (Lipinski definition) is 1. The highest BCUT2D eigenvalue weighted by Crippen LogP contribution is 2.28. The molecule has 18 heavy (non-hydrogen) atoms. The lowest BCUT2D eigenvalue weighted by Gasteiger charge is -2.04. The molecule has 1 aromatic rings. The third-order valence-corrected chi connectivity index (χ3v) is 1.93. The molecule has 1 rings (SSSR count). The summed E-state index contributed by atoms with van der Waals surface area (Å²) in [7, 11) is 0. The smallest absolute Gasteiger partial charge is 0.355 e. The highest BCUT2D eigenvalue weighted by molar-refractivity contribution is 5.72. The van der Waals surface area contributed by atoms with E-state index >= 15 is 0 Å². The van der Waals surface area contributed by atoms with Crippen LogP contribution in [-0.4, -0.2) is 17.4 Å². The standard InChI is InChI=1S/C12H11F3N2O/c1-9(18)16-7-3-2-4-11-6-5-10(8-17-11)12(13,14)15/h5-6,8H,3,7H2,1H3,(H,16,18). The van der Waals surface area contributed by atoms with Gasteiger partial charge in [-0.1, -0.05) is 5.92 Å². The quantitative estimate of drug-likeness (QED) is 0.649. The normalized spacial score (nSPS) is 10.4. The van der Waals surface area contributed by atoms with Gasteiger partial charge in [-0.2, -0.15) is 13.2 Å². The van der Waals surface area contributed by atoms with Crippen molar-refractivity contribution in [2.75, 3.05) is 6.54 Å². The summed E-state index contributed by atoms with van der Waals surface area (Å²) in [6.07, 6.45) is -3.22. The van der Waals surface area contributed by atoms with E-state index in [0.29, 0.717) is 13.0 Å². The summed E-state index contributed by atoms with van der Waals surface area (Å²) >= 11 is 0. The van der Waals surface area contributed by atoms with Gasteiger partial charge in [0, 0.05) is 26.1 Å². The Balaban J connectivity index is 2.54. The first kappa shape index (κ1) is 14.0. The number of rotatable bonds is 2. The van der Waals surface area contributed by atoms with Crippen molar-refractivity contribution in [3.05, 3.63) is 29.6 Å². The van der Waals surface area contributed by atoms with Crippen LogP contribution in [0, 0.1) is 11.8 Å². The Labute approximate surface area is 102 Å². The van der Waals surface area contributed by atoms with Crippen LogP contribution in [0.5, 0.6) is 0 Å². The van der Waals surface area contributed by atoms with Crippen molar-refractivity contribution in [3.63, 3.8) is 0 Å². The van der Waals surface area contributed by atoms with Gasteiger partial charge in [-0.15, -0.1) is 0 Å². The molecule has 0 spiro atoms. The number of nitrogens with one attached hydrogen (secondary N) is 1. The average Bonchev–Trinajstić information content (AvgIpc) is 2.27. The number of hydrogen-bond acceptors (Lipinski definition) is 2. The van der Waals surface area contributed by atoms with Gasteiger partial charge in [-0.25, -0.2) is 4.98 Å². The van der Waals surface area contributed by atoms with Crippen LogP contribution in [0.1, 0.15) is 24.6 Å². The van der Waals surface area contributed by atoms with Crippen LogP contribution in [0.3, 0.4) is 0 Å². The van der Waals surface area contributed by atoms with Gasteiger partial charge < -0.3 is 5.32 Å². The number of nitrogens with zero attached hydrogens (tertiary/aromatic N) is 1. The summed E-state index contributed by atoms with van der Waals surface area (Å²) in [4.78, 5) is 14.1. The SMILES string of the molecule is CC(=O)NCCC#Cc1ccc(C(F)(F)F)cn1. The van der Waals surface area contributed by atoms with E-state index in [9.17, 15) is 18.0 Å². The van der Waals surface area contributed by atoms with Crippen LogP contribution < -0.4 is 5.32 Å². The maximum absolute atomic E-state index is 12.2. The molecule has 0 aliphatic rings. The van der Waals surface area contributed by atoms with E-state index in [4.69, 9.17) is 0 Å². The predicted molar refractivity (Wildman–Crippen MR) is 59.4 cm³/mol. The lowest BCUT2D eigenvalue weighted by atomic mass is 10.2. The van der Waals surface area contributed by atoms with E-state index in [1.54, 1.807) is 0 Å².